The second-order valence-electron chi connectivity index (χ2n) is 5.86. The standard InChI is InChI=1S/C17H23FN4O.HI/c18-14-4-6-15(7-5-14)21-8-10-22(11-9-21)17(19)20-13-16-3-1-2-12-23-16;/h2,4-7,12,16H,1,3,8-11,13H2,(H2,19,20);1H. The van der Waals surface area contributed by atoms with E-state index >= 15 is 0 Å². The Balaban J connectivity index is 0.00000208. The SMILES string of the molecule is I.NC(=NCC1CCC=CO1)N1CCN(c2ccc(F)cc2)CC1. The monoisotopic (exact) mass is 446 g/mol. The molecule has 0 bridgehead atoms. The molecule has 132 valence electrons. The lowest BCUT2D eigenvalue weighted by atomic mass is 10.2. The summed E-state index contributed by atoms with van der Waals surface area (Å²) in [5.74, 6) is 0.380. The molecule has 1 saturated heterocycles. The fourth-order valence-corrected chi connectivity index (χ4v) is 2.86. The quantitative estimate of drug-likeness (QED) is 0.441. The van der Waals surface area contributed by atoms with Gasteiger partial charge in [0.05, 0.1) is 12.8 Å². The lowest BCUT2D eigenvalue weighted by Gasteiger charge is -2.36. The Morgan fingerprint density at radius 1 is 1.21 bits per heavy atom. The fourth-order valence-electron chi connectivity index (χ4n) is 2.86. The molecule has 1 unspecified atom stereocenters. The van der Waals surface area contributed by atoms with Gasteiger partial charge in [-0.3, -0.25) is 0 Å². The second-order valence-corrected chi connectivity index (χ2v) is 5.86. The summed E-state index contributed by atoms with van der Waals surface area (Å²) in [7, 11) is 0. The van der Waals surface area contributed by atoms with Gasteiger partial charge < -0.3 is 20.3 Å². The van der Waals surface area contributed by atoms with Gasteiger partial charge in [0, 0.05) is 31.9 Å². The van der Waals surface area contributed by atoms with Gasteiger partial charge in [0.25, 0.3) is 0 Å². The third-order valence-corrected chi connectivity index (χ3v) is 4.27. The van der Waals surface area contributed by atoms with Gasteiger partial charge in [0.1, 0.15) is 11.9 Å². The Hall–Kier alpha value is -1.51. The van der Waals surface area contributed by atoms with Crippen LogP contribution >= 0.6 is 24.0 Å². The average molecular weight is 446 g/mol. The number of halogens is 2. The zero-order valence-corrected chi connectivity index (χ0v) is 15.9. The number of nitrogens with zero attached hydrogens (tertiary/aromatic N) is 3. The van der Waals surface area contributed by atoms with E-state index in [9.17, 15) is 4.39 Å². The van der Waals surface area contributed by atoms with Crippen LogP contribution in [0.5, 0.6) is 0 Å². The molecule has 24 heavy (non-hydrogen) atoms. The van der Waals surface area contributed by atoms with Crippen LogP contribution in [-0.4, -0.2) is 49.7 Å². The lowest BCUT2D eigenvalue weighted by molar-refractivity contribution is 0.131. The molecule has 1 atom stereocenters. The van der Waals surface area contributed by atoms with Crippen molar-refractivity contribution in [2.75, 3.05) is 37.6 Å². The summed E-state index contributed by atoms with van der Waals surface area (Å²) in [6.45, 7) is 3.94. The number of piperazine rings is 1. The van der Waals surface area contributed by atoms with Crippen LogP contribution in [0, 0.1) is 5.82 Å². The first-order valence-corrected chi connectivity index (χ1v) is 8.08. The van der Waals surface area contributed by atoms with Crippen LogP contribution in [0.3, 0.4) is 0 Å². The highest BCUT2D eigenvalue weighted by Gasteiger charge is 2.19. The van der Waals surface area contributed by atoms with E-state index < -0.39 is 0 Å². The highest BCUT2D eigenvalue weighted by atomic mass is 127. The zero-order valence-electron chi connectivity index (χ0n) is 13.6. The number of anilines is 1. The van der Waals surface area contributed by atoms with Crippen LogP contribution in [0.25, 0.3) is 0 Å². The van der Waals surface area contributed by atoms with Gasteiger partial charge in [0.2, 0.25) is 0 Å². The minimum Gasteiger partial charge on any atom is -0.496 e. The Kier molecular flexibility index (Phi) is 7.14. The van der Waals surface area contributed by atoms with Crippen molar-refractivity contribution in [2.24, 2.45) is 10.7 Å². The van der Waals surface area contributed by atoms with Crippen molar-refractivity contribution in [1.29, 1.82) is 0 Å². The maximum Gasteiger partial charge on any atom is 0.191 e. The van der Waals surface area contributed by atoms with Gasteiger partial charge in [-0.2, -0.15) is 0 Å². The molecule has 3 rings (SSSR count). The van der Waals surface area contributed by atoms with Crippen molar-refractivity contribution in [3.63, 3.8) is 0 Å². The minimum atomic E-state index is -0.205. The Labute approximate surface area is 159 Å². The molecule has 2 aliphatic heterocycles. The molecule has 7 heteroatoms. The highest BCUT2D eigenvalue weighted by Crippen LogP contribution is 2.17. The van der Waals surface area contributed by atoms with Gasteiger partial charge in [-0.15, -0.1) is 24.0 Å². The van der Waals surface area contributed by atoms with E-state index in [1.807, 2.05) is 18.2 Å². The maximum atomic E-state index is 13.0. The summed E-state index contributed by atoms with van der Waals surface area (Å²) in [6, 6.07) is 6.62. The summed E-state index contributed by atoms with van der Waals surface area (Å²) in [5, 5.41) is 0. The molecule has 1 aromatic rings. The molecule has 0 spiro atoms. The van der Waals surface area contributed by atoms with E-state index in [0.717, 1.165) is 44.7 Å². The van der Waals surface area contributed by atoms with E-state index in [1.165, 1.54) is 12.1 Å². The van der Waals surface area contributed by atoms with Crippen molar-refractivity contribution < 1.29 is 9.13 Å². The third kappa shape index (κ3) is 4.99. The van der Waals surface area contributed by atoms with E-state index in [2.05, 4.69) is 14.8 Å². The van der Waals surface area contributed by atoms with Crippen LogP contribution in [0.2, 0.25) is 0 Å². The molecule has 2 aliphatic rings. The minimum absolute atomic E-state index is 0. The molecular weight excluding hydrogens is 422 g/mol. The fraction of sp³-hybridized carbons (Fsp3) is 0.471. The van der Waals surface area contributed by atoms with Crippen LogP contribution < -0.4 is 10.6 Å². The molecule has 2 N–H and O–H groups in total. The van der Waals surface area contributed by atoms with E-state index in [0.29, 0.717) is 12.5 Å². The number of benzene rings is 1. The normalized spacial score (nSPS) is 21.2. The summed E-state index contributed by atoms with van der Waals surface area (Å²) in [6.07, 6.45) is 5.95. The number of hydrogen-bond donors (Lipinski definition) is 1. The molecule has 0 amide bonds. The maximum absolute atomic E-state index is 13.0. The first-order valence-electron chi connectivity index (χ1n) is 8.08. The van der Waals surface area contributed by atoms with Crippen LogP contribution in [0.1, 0.15) is 12.8 Å². The topological polar surface area (TPSA) is 54.1 Å². The first kappa shape index (κ1) is 18.8. The number of nitrogens with two attached hydrogens (primary N) is 1. The highest BCUT2D eigenvalue weighted by molar-refractivity contribution is 14.0. The average Bonchev–Trinajstić information content (AvgIpc) is 2.61. The summed E-state index contributed by atoms with van der Waals surface area (Å²) in [4.78, 5) is 8.80. The zero-order chi connectivity index (χ0) is 16.1. The van der Waals surface area contributed by atoms with Gasteiger partial charge in [0.15, 0.2) is 5.96 Å². The third-order valence-electron chi connectivity index (χ3n) is 4.27. The smallest absolute Gasteiger partial charge is 0.191 e. The van der Waals surface area contributed by atoms with E-state index in [4.69, 9.17) is 10.5 Å². The Bertz CT molecular complexity index is 570. The van der Waals surface area contributed by atoms with Crippen LogP contribution in [-0.2, 0) is 4.74 Å². The van der Waals surface area contributed by atoms with Crippen LogP contribution in [0.4, 0.5) is 10.1 Å². The van der Waals surface area contributed by atoms with Crippen molar-refractivity contribution in [1.82, 2.24) is 4.90 Å². The molecular formula is C17H24FIN4O. The predicted octanol–water partition coefficient (Wildman–Crippen LogP) is 2.57. The molecule has 2 heterocycles. The molecule has 0 radical (unpaired) electrons. The van der Waals surface area contributed by atoms with E-state index in [1.54, 1.807) is 6.26 Å². The summed E-state index contributed by atoms with van der Waals surface area (Å²) in [5.41, 5.74) is 7.15. The first-order chi connectivity index (χ1) is 11.2. The number of hydrogen-bond acceptors (Lipinski definition) is 3. The van der Waals surface area contributed by atoms with Crippen molar-refractivity contribution in [3.8, 4) is 0 Å². The number of ether oxygens (including phenoxy) is 1. The van der Waals surface area contributed by atoms with Gasteiger partial charge in [-0.25, -0.2) is 9.38 Å². The number of allylic oxidation sites excluding steroid dienone is 1. The molecule has 1 fully saturated rings. The second kappa shape index (κ2) is 9.10. The molecule has 0 aliphatic carbocycles. The Morgan fingerprint density at radius 2 is 1.92 bits per heavy atom. The molecule has 0 saturated carbocycles. The number of guanidine groups is 1. The van der Waals surface area contributed by atoms with Crippen molar-refractivity contribution in [2.45, 2.75) is 18.9 Å². The molecule has 5 nitrogen and oxygen atoms in total. The van der Waals surface area contributed by atoms with Crippen molar-refractivity contribution >= 4 is 35.6 Å². The largest absolute Gasteiger partial charge is 0.496 e. The molecule has 1 aromatic carbocycles. The number of aliphatic imine (C=N–C) groups is 1. The van der Waals surface area contributed by atoms with Crippen LogP contribution in [0.15, 0.2) is 41.6 Å². The van der Waals surface area contributed by atoms with Crippen molar-refractivity contribution in [3.05, 3.63) is 42.4 Å². The van der Waals surface area contributed by atoms with Gasteiger partial charge in [-0.1, -0.05) is 0 Å². The number of rotatable bonds is 3. The van der Waals surface area contributed by atoms with E-state index in [-0.39, 0.29) is 35.9 Å². The lowest BCUT2D eigenvalue weighted by Crippen LogP contribution is -2.51. The van der Waals surface area contributed by atoms with Gasteiger partial charge >= 0.3 is 0 Å². The molecule has 0 aromatic heterocycles. The Morgan fingerprint density at radius 3 is 2.54 bits per heavy atom. The summed E-state index contributed by atoms with van der Waals surface area (Å²) >= 11 is 0. The predicted molar refractivity (Wildman–Crippen MR) is 105 cm³/mol. The van der Waals surface area contributed by atoms with Gasteiger partial charge in [-0.05, 0) is 43.2 Å². The summed E-state index contributed by atoms with van der Waals surface area (Å²) < 4.78 is 18.5.